The fourth-order valence-corrected chi connectivity index (χ4v) is 2.36. The van der Waals surface area contributed by atoms with Gasteiger partial charge in [-0.2, -0.15) is 0 Å². The van der Waals surface area contributed by atoms with E-state index in [1.54, 1.807) is 18.0 Å². The minimum Gasteiger partial charge on any atom is -0.496 e. The zero-order chi connectivity index (χ0) is 13.8. The van der Waals surface area contributed by atoms with Crippen molar-refractivity contribution in [3.05, 3.63) is 40.1 Å². The number of aromatic nitrogens is 3. The van der Waals surface area contributed by atoms with Gasteiger partial charge in [-0.3, -0.25) is 4.68 Å². The number of nitrogens with zero attached hydrogens (tertiary/aromatic N) is 3. The van der Waals surface area contributed by atoms with Gasteiger partial charge in [-0.25, -0.2) is 0 Å². The quantitative estimate of drug-likeness (QED) is 0.917. The molecule has 0 saturated heterocycles. The van der Waals surface area contributed by atoms with Crippen molar-refractivity contribution in [3.8, 4) is 5.75 Å². The van der Waals surface area contributed by atoms with Crippen LogP contribution in [0.1, 0.15) is 24.2 Å². The molecule has 0 aliphatic heterocycles. The van der Waals surface area contributed by atoms with Crippen molar-refractivity contribution < 1.29 is 4.74 Å². The number of nitrogens with one attached hydrogen (secondary N) is 1. The highest BCUT2D eigenvalue weighted by Crippen LogP contribution is 2.28. The van der Waals surface area contributed by atoms with Crippen LogP contribution >= 0.6 is 15.9 Å². The summed E-state index contributed by atoms with van der Waals surface area (Å²) in [5.41, 5.74) is 2.25. The van der Waals surface area contributed by atoms with Crippen molar-refractivity contribution in [2.24, 2.45) is 7.05 Å². The van der Waals surface area contributed by atoms with E-state index < -0.39 is 0 Å². The molecule has 0 aliphatic carbocycles. The third-order valence-corrected chi connectivity index (χ3v) is 3.69. The Hall–Kier alpha value is -1.40. The van der Waals surface area contributed by atoms with E-state index in [2.05, 4.69) is 50.6 Å². The van der Waals surface area contributed by atoms with E-state index in [0.717, 1.165) is 22.5 Å². The summed E-state index contributed by atoms with van der Waals surface area (Å²) in [6.07, 6.45) is 1.77. The molecule has 0 bridgehead atoms. The summed E-state index contributed by atoms with van der Waals surface area (Å²) in [6, 6.07) is 6.32. The van der Waals surface area contributed by atoms with Crippen LogP contribution in [0, 0.1) is 0 Å². The van der Waals surface area contributed by atoms with Crippen LogP contribution in [0.2, 0.25) is 0 Å². The third kappa shape index (κ3) is 3.33. The fraction of sp³-hybridized carbons (Fsp3) is 0.385. The number of aryl methyl sites for hydroxylation is 1. The molecule has 0 aliphatic rings. The first-order valence-corrected chi connectivity index (χ1v) is 6.81. The highest BCUT2D eigenvalue weighted by molar-refractivity contribution is 9.10. The summed E-state index contributed by atoms with van der Waals surface area (Å²) in [6.45, 7) is 2.85. The molecule has 1 aromatic heterocycles. The Kier molecular flexibility index (Phi) is 4.55. The Morgan fingerprint density at radius 1 is 1.47 bits per heavy atom. The van der Waals surface area contributed by atoms with Crippen molar-refractivity contribution in [3.63, 3.8) is 0 Å². The molecule has 1 aromatic carbocycles. The molecule has 2 rings (SSSR count). The number of ether oxygens (including phenoxy) is 1. The van der Waals surface area contributed by atoms with Crippen LogP contribution in [0.4, 0.5) is 0 Å². The van der Waals surface area contributed by atoms with Gasteiger partial charge in [0, 0.05) is 19.6 Å². The number of methoxy groups -OCH3 is 1. The summed E-state index contributed by atoms with van der Waals surface area (Å²) < 4.78 is 7.96. The van der Waals surface area contributed by atoms with Gasteiger partial charge in [-0.1, -0.05) is 11.3 Å². The first-order chi connectivity index (χ1) is 9.11. The smallest absolute Gasteiger partial charge is 0.133 e. The topological polar surface area (TPSA) is 52.0 Å². The highest BCUT2D eigenvalue weighted by Gasteiger charge is 2.09. The molecule has 0 radical (unpaired) electrons. The normalized spacial score (nSPS) is 12.4. The largest absolute Gasteiger partial charge is 0.496 e. The van der Waals surface area contributed by atoms with E-state index in [1.165, 1.54) is 5.56 Å². The Balaban J connectivity index is 2.02. The van der Waals surface area contributed by atoms with E-state index in [1.807, 2.05) is 13.1 Å². The van der Waals surface area contributed by atoms with Crippen LogP contribution in [0.5, 0.6) is 5.75 Å². The van der Waals surface area contributed by atoms with E-state index in [-0.39, 0.29) is 6.04 Å². The summed E-state index contributed by atoms with van der Waals surface area (Å²) in [4.78, 5) is 0. The number of hydrogen-bond donors (Lipinski definition) is 1. The Labute approximate surface area is 121 Å². The number of benzene rings is 1. The summed E-state index contributed by atoms with van der Waals surface area (Å²) in [7, 11) is 3.55. The average molecular weight is 325 g/mol. The lowest BCUT2D eigenvalue weighted by Crippen LogP contribution is -2.19. The molecule has 0 amide bonds. The molecule has 0 fully saturated rings. The second-order valence-electron chi connectivity index (χ2n) is 4.35. The lowest BCUT2D eigenvalue weighted by molar-refractivity contribution is 0.411. The van der Waals surface area contributed by atoms with Crippen LogP contribution < -0.4 is 10.1 Å². The summed E-state index contributed by atoms with van der Waals surface area (Å²) in [5, 5.41) is 11.2. The second kappa shape index (κ2) is 6.16. The Bertz CT molecular complexity index is 555. The molecule has 1 N–H and O–H groups in total. The van der Waals surface area contributed by atoms with Gasteiger partial charge in [-0.15, -0.1) is 5.10 Å². The zero-order valence-corrected chi connectivity index (χ0v) is 12.8. The molecule has 102 valence electrons. The molecule has 0 saturated carbocycles. The molecule has 2 aromatic rings. The van der Waals surface area contributed by atoms with Crippen molar-refractivity contribution in [2.45, 2.75) is 19.5 Å². The predicted octanol–water partition coefficient (Wildman–Crippen LogP) is 2.44. The maximum Gasteiger partial charge on any atom is 0.133 e. The predicted molar refractivity (Wildman–Crippen MR) is 77.0 cm³/mol. The zero-order valence-electron chi connectivity index (χ0n) is 11.2. The Morgan fingerprint density at radius 3 is 2.84 bits per heavy atom. The first kappa shape index (κ1) is 14.0. The third-order valence-electron chi connectivity index (χ3n) is 3.07. The average Bonchev–Trinajstić information content (AvgIpc) is 2.81. The highest BCUT2D eigenvalue weighted by atomic mass is 79.9. The molecule has 19 heavy (non-hydrogen) atoms. The number of rotatable bonds is 5. The van der Waals surface area contributed by atoms with Crippen LogP contribution in [-0.4, -0.2) is 22.1 Å². The van der Waals surface area contributed by atoms with Crippen molar-refractivity contribution in [2.75, 3.05) is 7.11 Å². The molecule has 1 unspecified atom stereocenters. The molecule has 6 heteroatoms. The minimum atomic E-state index is 0.233. The van der Waals surface area contributed by atoms with Gasteiger partial charge < -0.3 is 10.1 Å². The van der Waals surface area contributed by atoms with Crippen molar-refractivity contribution in [1.82, 2.24) is 20.3 Å². The first-order valence-electron chi connectivity index (χ1n) is 6.02. The number of halogens is 1. The lowest BCUT2D eigenvalue weighted by Gasteiger charge is -2.15. The van der Waals surface area contributed by atoms with Gasteiger partial charge in [0.15, 0.2) is 0 Å². The van der Waals surface area contributed by atoms with E-state index >= 15 is 0 Å². The lowest BCUT2D eigenvalue weighted by atomic mass is 10.1. The maximum atomic E-state index is 5.23. The van der Waals surface area contributed by atoms with Crippen LogP contribution in [0.25, 0.3) is 0 Å². The monoisotopic (exact) mass is 324 g/mol. The van der Waals surface area contributed by atoms with Crippen LogP contribution in [0.15, 0.2) is 28.9 Å². The van der Waals surface area contributed by atoms with E-state index in [4.69, 9.17) is 4.74 Å². The Morgan fingerprint density at radius 2 is 2.26 bits per heavy atom. The fourth-order valence-electron chi connectivity index (χ4n) is 1.80. The molecule has 1 heterocycles. The molecule has 0 spiro atoms. The summed E-state index contributed by atoms with van der Waals surface area (Å²) >= 11 is 3.50. The van der Waals surface area contributed by atoms with Crippen LogP contribution in [0.3, 0.4) is 0 Å². The van der Waals surface area contributed by atoms with Gasteiger partial charge in [0.25, 0.3) is 0 Å². The molecular weight excluding hydrogens is 308 g/mol. The van der Waals surface area contributed by atoms with Crippen molar-refractivity contribution >= 4 is 15.9 Å². The van der Waals surface area contributed by atoms with Crippen molar-refractivity contribution in [1.29, 1.82) is 0 Å². The summed E-state index contributed by atoms with van der Waals surface area (Å²) in [5.74, 6) is 0.840. The second-order valence-corrected chi connectivity index (χ2v) is 5.20. The SMILES string of the molecule is COc1ccc(C(C)NCc2cnnn2C)cc1Br. The molecule has 5 nitrogen and oxygen atoms in total. The van der Waals surface area contributed by atoms with E-state index in [9.17, 15) is 0 Å². The molecule has 1 atom stereocenters. The van der Waals surface area contributed by atoms with Gasteiger partial charge >= 0.3 is 0 Å². The minimum absolute atomic E-state index is 0.233. The number of hydrogen-bond acceptors (Lipinski definition) is 4. The van der Waals surface area contributed by atoms with Gasteiger partial charge in [0.05, 0.1) is 23.5 Å². The molecular formula is C13H17BrN4O. The van der Waals surface area contributed by atoms with Gasteiger partial charge in [0.2, 0.25) is 0 Å². The van der Waals surface area contributed by atoms with Crippen LogP contribution in [-0.2, 0) is 13.6 Å². The maximum absolute atomic E-state index is 5.23. The standard InChI is InChI=1S/C13H17BrN4O/c1-9(15-7-11-8-16-17-18(11)2)10-4-5-13(19-3)12(14)6-10/h4-6,8-9,15H,7H2,1-3H3. The van der Waals surface area contributed by atoms with Gasteiger partial charge in [-0.05, 0) is 40.5 Å². The van der Waals surface area contributed by atoms with E-state index in [0.29, 0.717) is 0 Å². The van der Waals surface area contributed by atoms with Gasteiger partial charge in [0.1, 0.15) is 5.75 Å².